The van der Waals surface area contributed by atoms with E-state index in [4.69, 9.17) is 9.47 Å². The van der Waals surface area contributed by atoms with Gasteiger partial charge in [0, 0.05) is 22.3 Å². The van der Waals surface area contributed by atoms with Crippen LogP contribution in [0.25, 0.3) is 0 Å². The molecule has 1 aromatic carbocycles. The summed E-state index contributed by atoms with van der Waals surface area (Å²) >= 11 is 6.95. The summed E-state index contributed by atoms with van der Waals surface area (Å²) in [6.45, 7) is 2.51. The molecule has 2 rings (SSSR count). The fourth-order valence-corrected chi connectivity index (χ4v) is 2.70. The van der Waals surface area contributed by atoms with Crippen LogP contribution in [0.15, 0.2) is 28.7 Å². The maximum Gasteiger partial charge on any atom is 0.0921 e. The summed E-state index contributed by atoms with van der Waals surface area (Å²) in [6, 6.07) is 8.29. The highest BCUT2D eigenvalue weighted by Crippen LogP contribution is 2.24. The fourth-order valence-electron chi connectivity index (χ4n) is 1.87. The summed E-state index contributed by atoms with van der Waals surface area (Å²) in [5.41, 5.74) is 1.21. The van der Waals surface area contributed by atoms with E-state index in [-0.39, 0.29) is 6.10 Å². The molecule has 2 nitrogen and oxygen atoms in total. The third kappa shape index (κ3) is 4.05. The zero-order valence-corrected chi connectivity index (χ0v) is 12.7. The van der Waals surface area contributed by atoms with Gasteiger partial charge in [0.25, 0.3) is 0 Å². The van der Waals surface area contributed by atoms with Crippen molar-refractivity contribution in [2.45, 2.75) is 12.5 Å². The molecule has 0 aliphatic carbocycles. The zero-order chi connectivity index (χ0) is 12.1. The van der Waals surface area contributed by atoms with Gasteiger partial charge in [-0.3, -0.25) is 0 Å². The molecule has 0 amide bonds. The van der Waals surface area contributed by atoms with E-state index in [1.54, 1.807) is 0 Å². The van der Waals surface area contributed by atoms with Gasteiger partial charge >= 0.3 is 0 Å². The van der Waals surface area contributed by atoms with Crippen molar-refractivity contribution in [3.63, 3.8) is 0 Å². The summed E-state index contributed by atoms with van der Waals surface area (Å²) in [7, 11) is 0. The Morgan fingerprint density at radius 3 is 2.71 bits per heavy atom. The Kier molecular flexibility index (Phi) is 5.48. The second kappa shape index (κ2) is 6.88. The summed E-state index contributed by atoms with van der Waals surface area (Å²) < 4.78 is 12.4. The van der Waals surface area contributed by atoms with E-state index in [0.717, 1.165) is 36.0 Å². The van der Waals surface area contributed by atoms with Crippen LogP contribution in [0.5, 0.6) is 0 Å². The first kappa shape index (κ1) is 13.5. The first-order valence-electron chi connectivity index (χ1n) is 5.80. The van der Waals surface area contributed by atoms with Crippen molar-refractivity contribution >= 4 is 31.9 Å². The first-order valence-corrected chi connectivity index (χ1v) is 7.72. The molecule has 1 saturated heterocycles. The molecule has 4 heteroatoms. The number of benzene rings is 1. The number of rotatable bonds is 5. The average molecular weight is 364 g/mol. The van der Waals surface area contributed by atoms with Crippen LogP contribution in [-0.2, 0) is 9.47 Å². The molecule has 0 N–H and O–H groups in total. The van der Waals surface area contributed by atoms with Gasteiger partial charge in [0.2, 0.25) is 0 Å². The van der Waals surface area contributed by atoms with Crippen molar-refractivity contribution < 1.29 is 9.47 Å². The van der Waals surface area contributed by atoms with Gasteiger partial charge in [-0.2, -0.15) is 0 Å². The van der Waals surface area contributed by atoms with Crippen molar-refractivity contribution in [3.05, 3.63) is 34.3 Å². The summed E-state index contributed by atoms with van der Waals surface area (Å²) in [6.07, 6.45) is 1.25. The Bertz CT molecular complexity index is 334. The van der Waals surface area contributed by atoms with Gasteiger partial charge in [0.15, 0.2) is 0 Å². The molecule has 0 saturated carbocycles. The van der Waals surface area contributed by atoms with E-state index in [9.17, 15) is 0 Å². The Morgan fingerprint density at radius 1 is 1.35 bits per heavy atom. The van der Waals surface area contributed by atoms with Gasteiger partial charge in [0.1, 0.15) is 0 Å². The average Bonchev–Trinajstić information content (AvgIpc) is 2.85. The van der Waals surface area contributed by atoms with Crippen molar-refractivity contribution in [1.82, 2.24) is 0 Å². The van der Waals surface area contributed by atoms with Crippen LogP contribution in [0.3, 0.4) is 0 Å². The SMILES string of the molecule is BrCC(OCC1CCOC1)c1ccc(Br)cc1. The van der Waals surface area contributed by atoms with Crippen molar-refractivity contribution in [1.29, 1.82) is 0 Å². The fraction of sp³-hybridized carbons (Fsp3) is 0.538. The van der Waals surface area contributed by atoms with Gasteiger partial charge in [-0.05, 0) is 24.1 Å². The van der Waals surface area contributed by atoms with E-state index < -0.39 is 0 Å². The monoisotopic (exact) mass is 362 g/mol. The highest BCUT2D eigenvalue weighted by Gasteiger charge is 2.18. The van der Waals surface area contributed by atoms with E-state index in [1.807, 2.05) is 12.1 Å². The van der Waals surface area contributed by atoms with Crippen LogP contribution in [0.1, 0.15) is 18.1 Å². The maximum absolute atomic E-state index is 5.96. The molecule has 1 aliphatic heterocycles. The molecular formula is C13H16Br2O2. The van der Waals surface area contributed by atoms with Crippen molar-refractivity contribution in [2.75, 3.05) is 25.2 Å². The minimum absolute atomic E-state index is 0.128. The Balaban J connectivity index is 1.89. The van der Waals surface area contributed by atoms with Gasteiger partial charge < -0.3 is 9.47 Å². The molecule has 2 atom stereocenters. The highest BCUT2D eigenvalue weighted by atomic mass is 79.9. The molecule has 2 unspecified atom stereocenters. The van der Waals surface area contributed by atoms with Crippen LogP contribution in [0, 0.1) is 5.92 Å². The molecule has 0 spiro atoms. The standard InChI is InChI=1S/C13H16Br2O2/c14-7-13(11-1-3-12(15)4-2-11)17-9-10-5-6-16-8-10/h1-4,10,13H,5-9H2. The summed E-state index contributed by atoms with van der Waals surface area (Å²) in [4.78, 5) is 0. The Labute approximate surface area is 119 Å². The van der Waals surface area contributed by atoms with Crippen LogP contribution in [-0.4, -0.2) is 25.2 Å². The molecule has 1 fully saturated rings. The number of ether oxygens (including phenoxy) is 2. The molecule has 1 aliphatic rings. The van der Waals surface area contributed by atoms with Gasteiger partial charge in [-0.15, -0.1) is 0 Å². The van der Waals surface area contributed by atoms with E-state index in [1.165, 1.54) is 5.56 Å². The quantitative estimate of drug-likeness (QED) is 0.737. The zero-order valence-electron chi connectivity index (χ0n) is 9.57. The van der Waals surface area contributed by atoms with E-state index >= 15 is 0 Å². The number of alkyl halides is 1. The van der Waals surface area contributed by atoms with Crippen LogP contribution < -0.4 is 0 Å². The lowest BCUT2D eigenvalue weighted by Crippen LogP contribution is -2.14. The Morgan fingerprint density at radius 2 is 2.12 bits per heavy atom. The van der Waals surface area contributed by atoms with Gasteiger partial charge in [-0.25, -0.2) is 0 Å². The summed E-state index contributed by atoms with van der Waals surface area (Å²) in [5.74, 6) is 0.562. The lowest BCUT2D eigenvalue weighted by molar-refractivity contribution is 0.0392. The largest absolute Gasteiger partial charge is 0.381 e. The molecule has 0 aromatic heterocycles. The molecule has 1 heterocycles. The maximum atomic E-state index is 5.96. The number of hydrogen-bond donors (Lipinski definition) is 0. The predicted octanol–water partition coefficient (Wildman–Crippen LogP) is 3.94. The smallest absolute Gasteiger partial charge is 0.0921 e. The summed E-state index contributed by atoms with van der Waals surface area (Å²) in [5, 5.41) is 0.822. The number of hydrogen-bond acceptors (Lipinski definition) is 2. The first-order chi connectivity index (χ1) is 8.29. The third-order valence-corrected chi connectivity index (χ3v) is 4.06. The second-order valence-corrected chi connectivity index (χ2v) is 5.82. The minimum Gasteiger partial charge on any atom is -0.381 e. The third-order valence-electron chi connectivity index (χ3n) is 2.94. The minimum atomic E-state index is 0.128. The van der Waals surface area contributed by atoms with E-state index in [0.29, 0.717) is 5.92 Å². The lowest BCUT2D eigenvalue weighted by Gasteiger charge is -2.18. The lowest BCUT2D eigenvalue weighted by atomic mass is 10.1. The highest BCUT2D eigenvalue weighted by molar-refractivity contribution is 9.10. The topological polar surface area (TPSA) is 18.5 Å². The van der Waals surface area contributed by atoms with Crippen LogP contribution >= 0.6 is 31.9 Å². The van der Waals surface area contributed by atoms with Gasteiger partial charge in [0.05, 0.1) is 19.3 Å². The van der Waals surface area contributed by atoms with E-state index in [2.05, 4.69) is 44.0 Å². The Hall–Kier alpha value is 0.100. The second-order valence-electron chi connectivity index (χ2n) is 4.26. The molecule has 1 aromatic rings. The van der Waals surface area contributed by atoms with Crippen molar-refractivity contribution in [2.24, 2.45) is 5.92 Å². The molecule has 17 heavy (non-hydrogen) atoms. The van der Waals surface area contributed by atoms with Crippen LogP contribution in [0.2, 0.25) is 0 Å². The molecule has 0 bridgehead atoms. The predicted molar refractivity (Wildman–Crippen MR) is 75.6 cm³/mol. The van der Waals surface area contributed by atoms with Gasteiger partial charge in [-0.1, -0.05) is 44.0 Å². The molecular weight excluding hydrogens is 348 g/mol. The molecule has 0 radical (unpaired) electrons. The number of halogens is 2. The molecule has 94 valence electrons. The van der Waals surface area contributed by atoms with Crippen molar-refractivity contribution in [3.8, 4) is 0 Å². The normalized spacial score (nSPS) is 21.6. The van der Waals surface area contributed by atoms with Crippen LogP contribution in [0.4, 0.5) is 0 Å².